The van der Waals surface area contributed by atoms with E-state index in [9.17, 15) is 0 Å². The molecule has 246 valence electrons. The quantitative estimate of drug-likeness (QED) is 0.138. The van der Waals surface area contributed by atoms with Crippen molar-refractivity contribution in [2.45, 2.75) is 84.6 Å². The summed E-state index contributed by atoms with van der Waals surface area (Å²) in [7, 11) is 0. The van der Waals surface area contributed by atoms with Crippen molar-refractivity contribution in [1.82, 2.24) is 0 Å². The molecule has 0 saturated heterocycles. The number of hydrogen-bond acceptors (Lipinski definition) is 0. The Morgan fingerprint density at radius 1 is 0.531 bits per heavy atom. The second kappa shape index (κ2) is 13.3. The van der Waals surface area contributed by atoms with Gasteiger partial charge >= 0.3 is 0 Å². The molecule has 0 aliphatic carbocycles. The minimum Gasteiger partial charge on any atom is -0.192 e. The van der Waals surface area contributed by atoms with E-state index in [1.807, 2.05) is 0 Å². The summed E-state index contributed by atoms with van der Waals surface area (Å²) in [5.41, 5.74) is 16.9. The van der Waals surface area contributed by atoms with E-state index < -0.39 is 0 Å². The van der Waals surface area contributed by atoms with Crippen LogP contribution in [0, 0.1) is 6.92 Å². The van der Waals surface area contributed by atoms with Crippen LogP contribution >= 0.6 is 0 Å². The van der Waals surface area contributed by atoms with Crippen LogP contribution in [0.4, 0.5) is 0 Å². The average molecular weight is 641 g/mol. The molecule has 0 N–H and O–H groups in total. The van der Waals surface area contributed by atoms with Gasteiger partial charge in [0.1, 0.15) is 0 Å². The molecule has 2 unspecified atom stereocenters. The molecule has 6 aromatic rings. The SMILES string of the molecule is CCCCc1cccc(-c2cc(-c3ccccc3)cc(-c3cccc(-c4ccc5c(c4)-c4c(C)ccc[n+]4C(C)(CC)C5(C)CC)c3)c2)c1. The molecule has 7 rings (SSSR count). The highest BCUT2D eigenvalue weighted by atomic mass is 15.1. The van der Waals surface area contributed by atoms with E-state index >= 15 is 0 Å². The van der Waals surface area contributed by atoms with E-state index in [2.05, 4.69) is 180 Å². The molecule has 49 heavy (non-hydrogen) atoms. The maximum absolute atomic E-state index is 2.59. The first-order valence-electron chi connectivity index (χ1n) is 18.4. The van der Waals surface area contributed by atoms with Crippen LogP contribution in [0.5, 0.6) is 0 Å². The lowest BCUT2D eigenvalue weighted by atomic mass is 9.60. The molecule has 0 spiro atoms. The molecule has 1 aliphatic heterocycles. The van der Waals surface area contributed by atoms with Crippen LogP contribution in [0.25, 0.3) is 55.8 Å². The van der Waals surface area contributed by atoms with Gasteiger partial charge in [-0.25, -0.2) is 0 Å². The molecule has 1 nitrogen and oxygen atoms in total. The summed E-state index contributed by atoms with van der Waals surface area (Å²) in [6.45, 7) is 14.2. The fourth-order valence-corrected chi connectivity index (χ4v) is 8.38. The Labute approximate surface area is 294 Å². The van der Waals surface area contributed by atoms with E-state index in [4.69, 9.17) is 0 Å². The van der Waals surface area contributed by atoms with Gasteiger partial charge in [-0.05, 0) is 125 Å². The van der Waals surface area contributed by atoms with Gasteiger partial charge in [0.2, 0.25) is 5.69 Å². The van der Waals surface area contributed by atoms with Crippen molar-refractivity contribution in [3.8, 4) is 55.8 Å². The van der Waals surface area contributed by atoms with Crippen molar-refractivity contribution in [3.63, 3.8) is 0 Å². The van der Waals surface area contributed by atoms with Gasteiger partial charge < -0.3 is 0 Å². The summed E-state index contributed by atoms with van der Waals surface area (Å²) in [6, 6.07) is 47.9. The van der Waals surface area contributed by atoms with E-state index in [1.165, 1.54) is 85.3 Å². The zero-order chi connectivity index (χ0) is 34.2. The third-order valence-electron chi connectivity index (χ3n) is 11.8. The van der Waals surface area contributed by atoms with Crippen LogP contribution in [0.1, 0.15) is 77.0 Å². The van der Waals surface area contributed by atoms with Crippen molar-refractivity contribution in [2.24, 2.45) is 0 Å². The Morgan fingerprint density at radius 2 is 1.12 bits per heavy atom. The van der Waals surface area contributed by atoms with Crippen molar-refractivity contribution >= 4 is 0 Å². The van der Waals surface area contributed by atoms with Crippen LogP contribution in [0.2, 0.25) is 0 Å². The number of fused-ring (bicyclic) bond motifs is 3. The van der Waals surface area contributed by atoms with Gasteiger partial charge in [-0.2, -0.15) is 4.57 Å². The first-order chi connectivity index (χ1) is 23.8. The maximum Gasteiger partial charge on any atom is 0.216 e. The molecule has 0 bridgehead atoms. The Hall–Kier alpha value is -4.75. The zero-order valence-electron chi connectivity index (χ0n) is 30.2. The predicted octanol–water partition coefficient (Wildman–Crippen LogP) is 12.8. The van der Waals surface area contributed by atoms with Gasteiger partial charge in [0.05, 0.1) is 11.0 Å². The normalized spacial score (nSPS) is 18.2. The summed E-state index contributed by atoms with van der Waals surface area (Å²) < 4.78 is 2.59. The van der Waals surface area contributed by atoms with Gasteiger partial charge in [0.25, 0.3) is 0 Å². The van der Waals surface area contributed by atoms with Crippen LogP contribution < -0.4 is 4.57 Å². The highest BCUT2D eigenvalue weighted by Gasteiger charge is 2.56. The monoisotopic (exact) mass is 640 g/mol. The fourth-order valence-electron chi connectivity index (χ4n) is 8.38. The molecular formula is C48H50N+. The Balaban J connectivity index is 1.35. The lowest BCUT2D eigenvalue weighted by Crippen LogP contribution is -2.67. The summed E-state index contributed by atoms with van der Waals surface area (Å²) in [5, 5.41) is 0. The molecule has 1 aromatic heterocycles. The molecule has 1 heteroatoms. The lowest BCUT2D eigenvalue weighted by Gasteiger charge is -2.46. The third kappa shape index (κ3) is 5.74. The van der Waals surface area contributed by atoms with Crippen molar-refractivity contribution in [3.05, 3.63) is 150 Å². The van der Waals surface area contributed by atoms with Gasteiger partial charge in [0, 0.05) is 25.0 Å². The third-order valence-corrected chi connectivity index (χ3v) is 11.8. The van der Waals surface area contributed by atoms with Gasteiger partial charge in [-0.15, -0.1) is 0 Å². The van der Waals surface area contributed by atoms with Crippen LogP contribution in [0.3, 0.4) is 0 Å². The Morgan fingerprint density at radius 3 is 1.80 bits per heavy atom. The number of aromatic nitrogens is 1. The largest absolute Gasteiger partial charge is 0.216 e. The number of benzene rings is 5. The molecule has 2 heterocycles. The molecule has 1 aliphatic rings. The average Bonchev–Trinajstić information content (AvgIpc) is 3.16. The van der Waals surface area contributed by atoms with Crippen molar-refractivity contribution < 1.29 is 4.57 Å². The van der Waals surface area contributed by atoms with Crippen LogP contribution in [0.15, 0.2) is 134 Å². The number of pyridine rings is 1. The second-order valence-corrected chi connectivity index (χ2v) is 14.5. The summed E-state index contributed by atoms with van der Waals surface area (Å²) >= 11 is 0. The van der Waals surface area contributed by atoms with Crippen molar-refractivity contribution in [1.29, 1.82) is 0 Å². The minimum absolute atomic E-state index is 0.00542. The van der Waals surface area contributed by atoms with Crippen LogP contribution in [-0.2, 0) is 17.4 Å². The Kier molecular flexibility index (Phi) is 8.88. The molecule has 0 saturated carbocycles. The molecule has 0 amide bonds. The molecule has 2 atom stereocenters. The standard InChI is InChI=1S/C48H50N/c1-7-10-18-35-19-14-22-37(28-35)42-30-41(36-20-12-11-13-21-36)31-43(32-42)39-24-15-23-38(29-39)40-25-26-45-44(33-40)46-34(4)17-16-27-49(46)48(6,9-3)47(45,5)8-2/h11-17,19-33H,7-10,18H2,1-6H3/q+1. The van der Waals surface area contributed by atoms with Gasteiger partial charge in [-0.3, -0.25) is 0 Å². The van der Waals surface area contributed by atoms with E-state index in [0.717, 1.165) is 19.3 Å². The number of unbranched alkanes of at least 4 members (excludes halogenated alkanes) is 1. The minimum atomic E-state index is -0.00542. The smallest absolute Gasteiger partial charge is 0.192 e. The summed E-state index contributed by atoms with van der Waals surface area (Å²) in [4.78, 5) is 0. The number of rotatable bonds is 9. The van der Waals surface area contributed by atoms with Gasteiger partial charge in [-0.1, -0.05) is 112 Å². The number of nitrogens with zero attached hydrogens (tertiary/aromatic N) is 1. The maximum atomic E-state index is 2.59. The number of hydrogen-bond donors (Lipinski definition) is 0. The molecular weight excluding hydrogens is 591 g/mol. The van der Waals surface area contributed by atoms with Crippen molar-refractivity contribution in [2.75, 3.05) is 0 Å². The molecule has 0 fully saturated rings. The second-order valence-electron chi connectivity index (χ2n) is 14.5. The summed E-state index contributed by atoms with van der Waals surface area (Å²) in [5.74, 6) is 0. The zero-order valence-corrected chi connectivity index (χ0v) is 30.2. The highest BCUT2D eigenvalue weighted by molar-refractivity contribution is 5.84. The number of aryl methyl sites for hydroxylation is 2. The topological polar surface area (TPSA) is 3.88 Å². The predicted molar refractivity (Wildman–Crippen MR) is 209 cm³/mol. The molecule has 0 radical (unpaired) electrons. The van der Waals surface area contributed by atoms with Crippen LogP contribution in [-0.4, -0.2) is 0 Å². The first-order valence-corrected chi connectivity index (χ1v) is 18.4. The van der Waals surface area contributed by atoms with E-state index in [0.29, 0.717) is 0 Å². The highest BCUT2D eigenvalue weighted by Crippen LogP contribution is 2.50. The first kappa shape index (κ1) is 32.8. The van der Waals surface area contributed by atoms with Gasteiger partial charge in [0.15, 0.2) is 11.7 Å². The van der Waals surface area contributed by atoms with E-state index in [1.54, 1.807) is 0 Å². The van der Waals surface area contributed by atoms with E-state index in [-0.39, 0.29) is 11.0 Å². The summed E-state index contributed by atoms with van der Waals surface area (Å²) in [6.07, 6.45) is 8.02. The lowest BCUT2D eigenvalue weighted by molar-refractivity contribution is -0.765. The molecule has 5 aromatic carbocycles. The Bertz CT molecular complexity index is 2120. The fraction of sp³-hybridized carbons (Fsp3) is 0.271.